The Morgan fingerprint density at radius 3 is 2.57 bits per heavy atom. The number of carbonyl (C=O) groups is 3. The summed E-state index contributed by atoms with van der Waals surface area (Å²) in [5.74, 6) is 1.16. The second kappa shape index (κ2) is 9.53. The molecule has 1 fully saturated rings. The monoisotopic (exact) mass is 414 g/mol. The highest BCUT2D eigenvalue weighted by atomic mass is 16.5. The van der Waals surface area contributed by atoms with Gasteiger partial charge in [-0.3, -0.25) is 19.3 Å². The first kappa shape index (κ1) is 21.5. The van der Waals surface area contributed by atoms with Crippen LogP contribution in [0.25, 0.3) is 0 Å². The van der Waals surface area contributed by atoms with E-state index in [-0.39, 0.29) is 24.1 Å². The van der Waals surface area contributed by atoms with Gasteiger partial charge in [0.25, 0.3) is 5.91 Å². The number of hydrogen-bond acceptors (Lipinski definition) is 7. The van der Waals surface area contributed by atoms with Crippen LogP contribution >= 0.6 is 0 Å². The number of rotatable bonds is 7. The van der Waals surface area contributed by atoms with Crippen molar-refractivity contribution in [3.8, 4) is 5.75 Å². The molecule has 30 heavy (non-hydrogen) atoms. The Kier molecular flexibility index (Phi) is 6.83. The lowest BCUT2D eigenvalue weighted by molar-refractivity contribution is -0.139. The Morgan fingerprint density at radius 1 is 1.20 bits per heavy atom. The van der Waals surface area contributed by atoms with Crippen LogP contribution in [0.1, 0.15) is 30.0 Å². The van der Waals surface area contributed by atoms with Gasteiger partial charge in [0.2, 0.25) is 5.91 Å². The predicted molar refractivity (Wildman–Crippen MR) is 109 cm³/mol. The van der Waals surface area contributed by atoms with Crippen LogP contribution < -0.4 is 10.1 Å². The van der Waals surface area contributed by atoms with Gasteiger partial charge in [-0.2, -0.15) is 0 Å². The minimum atomic E-state index is -0.669. The molecule has 9 nitrogen and oxygen atoms in total. The van der Waals surface area contributed by atoms with E-state index in [1.165, 1.54) is 6.92 Å². The quantitative estimate of drug-likeness (QED) is 0.688. The number of nitrogens with one attached hydrogen (secondary N) is 1. The third-order valence-corrected chi connectivity index (χ3v) is 4.85. The Labute approximate surface area is 174 Å². The van der Waals surface area contributed by atoms with E-state index in [4.69, 9.17) is 9.26 Å². The fourth-order valence-corrected chi connectivity index (χ4v) is 3.24. The van der Waals surface area contributed by atoms with Crippen LogP contribution in [0.15, 0.2) is 34.9 Å². The SMILES string of the molecule is CC(=O)c1cccc(OC(C)C(=O)N2CCN(CC(=O)Nc3cc(C)on3)CC2)c1. The molecule has 1 aliphatic heterocycles. The molecule has 0 aliphatic carbocycles. The summed E-state index contributed by atoms with van der Waals surface area (Å²) in [5, 5.41) is 6.43. The minimum absolute atomic E-state index is 0.0572. The molecule has 0 bridgehead atoms. The molecule has 2 heterocycles. The highest BCUT2D eigenvalue weighted by Crippen LogP contribution is 2.17. The van der Waals surface area contributed by atoms with Crippen molar-refractivity contribution >= 4 is 23.4 Å². The topological polar surface area (TPSA) is 105 Å². The minimum Gasteiger partial charge on any atom is -0.481 e. The number of aromatic nitrogens is 1. The van der Waals surface area contributed by atoms with Gasteiger partial charge in [-0.05, 0) is 32.9 Å². The summed E-state index contributed by atoms with van der Waals surface area (Å²) >= 11 is 0. The van der Waals surface area contributed by atoms with Crippen LogP contribution in [0.3, 0.4) is 0 Å². The third kappa shape index (κ3) is 5.66. The normalized spacial score (nSPS) is 15.5. The zero-order valence-corrected chi connectivity index (χ0v) is 17.4. The first-order valence-corrected chi connectivity index (χ1v) is 9.84. The summed E-state index contributed by atoms with van der Waals surface area (Å²) in [5.41, 5.74) is 0.542. The zero-order chi connectivity index (χ0) is 21.7. The molecule has 0 radical (unpaired) electrons. The highest BCUT2D eigenvalue weighted by molar-refractivity contribution is 5.94. The molecule has 1 aromatic heterocycles. The number of amides is 2. The van der Waals surface area contributed by atoms with E-state index in [2.05, 4.69) is 10.5 Å². The maximum atomic E-state index is 12.7. The van der Waals surface area contributed by atoms with E-state index < -0.39 is 6.10 Å². The number of Topliss-reactive ketones (excluding diaryl/α,β-unsaturated/α-hetero) is 1. The van der Waals surface area contributed by atoms with Crippen LogP contribution in [0.2, 0.25) is 0 Å². The van der Waals surface area contributed by atoms with E-state index in [9.17, 15) is 14.4 Å². The molecular weight excluding hydrogens is 388 g/mol. The smallest absolute Gasteiger partial charge is 0.263 e. The Hall–Kier alpha value is -3.20. The van der Waals surface area contributed by atoms with E-state index in [1.54, 1.807) is 49.1 Å². The highest BCUT2D eigenvalue weighted by Gasteiger charge is 2.27. The fraction of sp³-hybridized carbons (Fsp3) is 0.429. The summed E-state index contributed by atoms with van der Waals surface area (Å²) in [4.78, 5) is 40.1. The van der Waals surface area contributed by atoms with Crippen molar-refractivity contribution in [2.45, 2.75) is 26.9 Å². The second-order valence-corrected chi connectivity index (χ2v) is 7.32. The molecule has 1 unspecified atom stereocenters. The van der Waals surface area contributed by atoms with Gasteiger partial charge in [0, 0.05) is 37.8 Å². The first-order chi connectivity index (χ1) is 14.3. The molecule has 1 N–H and O–H groups in total. The molecule has 3 rings (SSSR count). The summed E-state index contributed by atoms with van der Waals surface area (Å²) in [6, 6.07) is 8.46. The lowest BCUT2D eigenvalue weighted by Gasteiger charge is -2.35. The Morgan fingerprint density at radius 2 is 1.93 bits per heavy atom. The number of benzene rings is 1. The number of ketones is 1. The van der Waals surface area contributed by atoms with Gasteiger partial charge in [0.05, 0.1) is 6.54 Å². The van der Waals surface area contributed by atoms with E-state index >= 15 is 0 Å². The maximum absolute atomic E-state index is 12.7. The Balaban J connectivity index is 1.45. The van der Waals surface area contributed by atoms with Crippen molar-refractivity contribution in [3.63, 3.8) is 0 Å². The summed E-state index contributed by atoms with van der Waals surface area (Å²) in [6.45, 7) is 7.35. The van der Waals surface area contributed by atoms with Crippen molar-refractivity contribution in [1.82, 2.24) is 15.0 Å². The molecule has 2 amide bonds. The zero-order valence-electron chi connectivity index (χ0n) is 17.4. The van der Waals surface area contributed by atoms with Gasteiger partial charge < -0.3 is 19.5 Å². The number of aryl methyl sites for hydroxylation is 1. The van der Waals surface area contributed by atoms with Gasteiger partial charge in [-0.15, -0.1) is 0 Å². The van der Waals surface area contributed by atoms with Crippen molar-refractivity contribution in [2.24, 2.45) is 0 Å². The van der Waals surface area contributed by atoms with Crippen molar-refractivity contribution in [3.05, 3.63) is 41.7 Å². The molecule has 160 valence electrons. The number of carbonyl (C=O) groups excluding carboxylic acids is 3. The van der Waals surface area contributed by atoms with Crippen LogP contribution in [0.4, 0.5) is 5.82 Å². The van der Waals surface area contributed by atoms with Crippen LogP contribution in [0, 0.1) is 6.92 Å². The summed E-state index contributed by atoms with van der Waals surface area (Å²) in [6.07, 6.45) is -0.669. The summed E-state index contributed by atoms with van der Waals surface area (Å²) in [7, 11) is 0. The van der Waals surface area contributed by atoms with Crippen LogP contribution in [0.5, 0.6) is 5.75 Å². The molecule has 1 saturated heterocycles. The number of ether oxygens (including phenoxy) is 1. The van der Waals surface area contributed by atoms with Gasteiger partial charge in [0.1, 0.15) is 11.5 Å². The Bertz CT molecular complexity index is 918. The average molecular weight is 414 g/mol. The number of piperazine rings is 1. The largest absolute Gasteiger partial charge is 0.481 e. The van der Waals surface area contributed by atoms with Gasteiger partial charge in [-0.1, -0.05) is 17.3 Å². The number of nitrogens with zero attached hydrogens (tertiary/aromatic N) is 3. The summed E-state index contributed by atoms with van der Waals surface area (Å²) < 4.78 is 10.7. The van der Waals surface area contributed by atoms with E-state index in [0.29, 0.717) is 49.1 Å². The van der Waals surface area contributed by atoms with Gasteiger partial charge in [-0.25, -0.2) is 0 Å². The third-order valence-electron chi connectivity index (χ3n) is 4.85. The van der Waals surface area contributed by atoms with Crippen LogP contribution in [-0.4, -0.2) is 71.4 Å². The van der Waals surface area contributed by atoms with E-state index in [1.807, 2.05) is 4.90 Å². The standard InChI is InChI=1S/C21H26N4O5/c1-14-11-19(23-30-14)22-20(27)13-24-7-9-25(10-8-24)21(28)16(3)29-18-6-4-5-17(12-18)15(2)26/h4-6,11-12,16H,7-10,13H2,1-3H3,(H,22,23,27). The molecule has 9 heteroatoms. The lowest BCUT2D eigenvalue weighted by atomic mass is 10.1. The van der Waals surface area contributed by atoms with Crippen molar-refractivity contribution < 1.29 is 23.6 Å². The predicted octanol–water partition coefficient (Wildman–Crippen LogP) is 1.74. The molecule has 0 saturated carbocycles. The number of hydrogen-bond donors (Lipinski definition) is 1. The van der Waals surface area contributed by atoms with Crippen molar-refractivity contribution in [2.75, 3.05) is 38.0 Å². The second-order valence-electron chi connectivity index (χ2n) is 7.32. The number of anilines is 1. The molecule has 1 aliphatic rings. The first-order valence-electron chi connectivity index (χ1n) is 9.84. The van der Waals surface area contributed by atoms with Gasteiger partial charge >= 0.3 is 0 Å². The van der Waals surface area contributed by atoms with Gasteiger partial charge in [0.15, 0.2) is 17.7 Å². The van der Waals surface area contributed by atoms with Crippen molar-refractivity contribution in [1.29, 1.82) is 0 Å². The average Bonchev–Trinajstić information content (AvgIpc) is 3.12. The maximum Gasteiger partial charge on any atom is 0.263 e. The molecule has 2 aromatic rings. The molecule has 0 spiro atoms. The molecule has 1 atom stereocenters. The lowest BCUT2D eigenvalue weighted by Crippen LogP contribution is -2.53. The van der Waals surface area contributed by atoms with Crippen LogP contribution in [-0.2, 0) is 9.59 Å². The fourth-order valence-electron chi connectivity index (χ4n) is 3.24. The van der Waals surface area contributed by atoms with E-state index in [0.717, 1.165) is 0 Å². The molecule has 1 aromatic carbocycles. The molecular formula is C21H26N4O5.